The third kappa shape index (κ3) is 4.72. The molecule has 0 amide bonds. The highest BCUT2D eigenvalue weighted by atomic mass is 16.5. The molecule has 1 nitrogen and oxygen atoms in total. The highest BCUT2D eigenvalue weighted by Gasteiger charge is 1.94. The monoisotopic (exact) mass is 239 g/mol. The molecule has 1 heteroatoms. The second-order valence-electron chi connectivity index (χ2n) is 4.40. The van der Waals surface area contributed by atoms with Crippen molar-refractivity contribution in [1.82, 2.24) is 0 Å². The van der Waals surface area contributed by atoms with Gasteiger partial charge in [0.05, 0.1) is 6.61 Å². The number of aryl methyl sites for hydroxylation is 1. The summed E-state index contributed by atoms with van der Waals surface area (Å²) in [5.41, 5.74) is 2.63. The zero-order valence-corrected chi connectivity index (χ0v) is 10.6. The van der Waals surface area contributed by atoms with Crippen molar-refractivity contribution in [3.05, 3.63) is 71.8 Å². The first-order valence-electron chi connectivity index (χ1n) is 6.52. The van der Waals surface area contributed by atoms with E-state index in [9.17, 15) is 0 Å². The fourth-order valence-electron chi connectivity index (χ4n) is 1.89. The fraction of sp³-hybridized carbons (Fsp3) is 0.294. The molecule has 2 rings (SSSR count). The van der Waals surface area contributed by atoms with Gasteiger partial charge in [-0.3, -0.25) is 0 Å². The lowest BCUT2D eigenvalue weighted by molar-refractivity contribution is 0.117. The number of unbranched alkanes of at least 4 members (excludes halogenated alkanes) is 1. The van der Waals surface area contributed by atoms with Crippen molar-refractivity contribution in [2.75, 3.05) is 6.61 Å². The lowest BCUT2D eigenvalue weighted by atomic mass is 10.1. The SMILES string of the molecule is [c]1ccc(CCCCOCc2ccccc2)cc1. The van der Waals surface area contributed by atoms with E-state index in [1.165, 1.54) is 17.5 Å². The number of benzene rings is 2. The second kappa shape index (κ2) is 7.67. The maximum atomic E-state index is 5.65. The van der Waals surface area contributed by atoms with Crippen LogP contribution >= 0.6 is 0 Å². The maximum absolute atomic E-state index is 5.65. The molecule has 0 aromatic heterocycles. The van der Waals surface area contributed by atoms with E-state index in [-0.39, 0.29) is 0 Å². The molecule has 0 heterocycles. The molecule has 93 valence electrons. The van der Waals surface area contributed by atoms with Gasteiger partial charge in [-0.1, -0.05) is 54.6 Å². The molecule has 0 fully saturated rings. The summed E-state index contributed by atoms with van der Waals surface area (Å²) < 4.78 is 5.65. The van der Waals surface area contributed by atoms with Crippen LogP contribution < -0.4 is 0 Å². The van der Waals surface area contributed by atoms with Crippen molar-refractivity contribution in [2.24, 2.45) is 0 Å². The molecule has 0 aliphatic rings. The normalized spacial score (nSPS) is 10.4. The van der Waals surface area contributed by atoms with Gasteiger partial charge in [0.1, 0.15) is 0 Å². The predicted octanol–water partition coefficient (Wildman–Crippen LogP) is 4.03. The van der Waals surface area contributed by atoms with Crippen LogP contribution in [-0.4, -0.2) is 6.61 Å². The Morgan fingerprint density at radius 1 is 0.833 bits per heavy atom. The Kier molecular flexibility index (Phi) is 5.48. The van der Waals surface area contributed by atoms with Gasteiger partial charge in [0.15, 0.2) is 0 Å². The molecule has 0 N–H and O–H groups in total. The van der Waals surface area contributed by atoms with Crippen LogP contribution in [0.4, 0.5) is 0 Å². The van der Waals surface area contributed by atoms with E-state index in [1.54, 1.807) is 0 Å². The Bertz CT molecular complexity index is 378. The largest absolute Gasteiger partial charge is 0.377 e. The average molecular weight is 239 g/mol. The van der Waals surface area contributed by atoms with Crippen molar-refractivity contribution in [3.63, 3.8) is 0 Å². The first-order chi connectivity index (χ1) is 8.95. The number of rotatable bonds is 7. The van der Waals surface area contributed by atoms with Crippen molar-refractivity contribution in [2.45, 2.75) is 25.9 Å². The summed E-state index contributed by atoms with van der Waals surface area (Å²) >= 11 is 0. The summed E-state index contributed by atoms with van der Waals surface area (Å²) in [6.45, 7) is 1.56. The Hall–Kier alpha value is -1.60. The zero-order chi connectivity index (χ0) is 12.5. The summed E-state index contributed by atoms with van der Waals surface area (Å²) in [4.78, 5) is 0. The van der Waals surface area contributed by atoms with E-state index in [1.807, 2.05) is 30.3 Å². The molecule has 0 saturated carbocycles. The van der Waals surface area contributed by atoms with Crippen LogP contribution in [0.3, 0.4) is 0 Å². The Labute approximate surface area is 109 Å². The van der Waals surface area contributed by atoms with E-state index >= 15 is 0 Å². The average Bonchev–Trinajstić information content (AvgIpc) is 2.45. The lowest BCUT2D eigenvalue weighted by Gasteiger charge is -2.04. The summed E-state index contributed by atoms with van der Waals surface area (Å²) in [6.07, 6.45) is 3.42. The van der Waals surface area contributed by atoms with Crippen molar-refractivity contribution >= 4 is 0 Å². The Morgan fingerprint density at radius 2 is 1.61 bits per heavy atom. The molecule has 18 heavy (non-hydrogen) atoms. The van der Waals surface area contributed by atoms with Gasteiger partial charge in [-0.15, -0.1) is 0 Å². The smallest absolute Gasteiger partial charge is 0.0716 e. The fourth-order valence-corrected chi connectivity index (χ4v) is 1.89. The predicted molar refractivity (Wildman–Crippen MR) is 74.3 cm³/mol. The summed E-state index contributed by atoms with van der Waals surface area (Å²) in [6, 6.07) is 21.6. The molecule has 1 radical (unpaired) electrons. The van der Waals surface area contributed by atoms with Crippen LogP contribution in [0.1, 0.15) is 24.0 Å². The first-order valence-corrected chi connectivity index (χ1v) is 6.52. The molecular formula is C17H19O. The number of hydrogen-bond acceptors (Lipinski definition) is 1. The molecule has 0 saturated heterocycles. The highest BCUT2D eigenvalue weighted by Crippen LogP contribution is 2.05. The number of hydrogen-bond donors (Lipinski definition) is 0. The van der Waals surface area contributed by atoms with Crippen LogP contribution in [0, 0.1) is 6.07 Å². The van der Waals surface area contributed by atoms with Gasteiger partial charge in [-0.2, -0.15) is 0 Å². The van der Waals surface area contributed by atoms with Gasteiger partial charge < -0.3 is 4.74 Å². The van der Waals surface area contributed by atoms with Gasteiger partial charge >= 0.3 is 0 Å². The van der Waals surface area contributed by atoms with Crippen LogP contribution in [0.2, 0.25) is 0 Å². The lowest BCUT2D eigenvalue weighted by Crippen LogP contribution is -1.96. The van der Waals surface area contributed by atoms with Gasteiger partial charge in [-0.05, 0) is 36.5 Å². The minimum atomic E-state index is 0.723. The van der Waals surface area contributed by atoms with Gasteiger partial charge in [0.2, 0.25) is 0 Å². The highest BCUT2D eigenvalue weighted by molar-refractivity contribution is 5.14. The van der Waals surface area contributed by atoms with Crippen LogP contribution in [0.25, 0.3) is 0 Å². The summed E-state index contributed by atoms with van der Waals surface area (Å²) in [7, 11) is 0. The minimum Gasteiger partial charge on any atom is -0.377 e. The van der Waals surface area contributed by atoms with E-state index in [0.29, 0.717) is 0 Å². The molecule has 2 aromatic rings. The molecule has 0 unspecified atom stereocenters. The maximum Gasteiger partial charge on any atom is 0.0716 e. The number of ether oxygens (including phenoxy) is 1. The molecule has 0 atom stereocenters. The summed E-state index contributed by atoms with van der Waals surface area (Å²) in [5, 5.41) is 0. The summed E-state index contributed by atoms with van der Waals surface area (Å²) in [5.74, 6) is 0. The second-order valence-corrected chi connectivity index (χ2v) is 4.40. The van der Waals surface area contributed by atoms with Gasteiger partial charge in [0, 0.05) is 6.61 Å². The topological polar surface area (TPSA) is 9.23 Å². The van der Waals surface area contributed by atoms with Gasteiger partial charge in [-0.25, -0.2) is 0 Å². The molecule has 0 aliphatic heterocycles. The molecule has 0 aliphatic carbocycles. The van der Waals surface area contributed by atoms with Crippen molar-refractivity contribution < 1.29 is 4.74 Å². The van der Waals surface area contributed by atoms with Crippen LogP contribution in [-0.2, 0) is 17.8 Å². The van der Waals surface area contributed by atoms with Crippen molar-refractivity contribution in [1.29, 1.82) is 0 Å². The third-order valence-electron chi connectivity index (χ3n) is 2.90. The molecular weight excluding hydrogens is 220 g/mol. The Morgan fingerprint density at radius 3 is 2.39 bits per heavy atom. The third-order valence-corrected chi connectivity index (χ3v) is 2.90. The van der Waals surface area contributed by atoms with Crippen molar-refractivity contribution in [3.8, 4) is 0 Å². The van der Waals surface area contributed by atoms with E-state index in [0.717, 1.165) is 26.1 Å². The quantitative estimate of drug-likeness (QED) is 0.663. The van der Waals surface area contributed by atoms with E-state index in [4.69, 9.17) is 4.74 Å². The first kappa shape index (κ1) is 12.8. The molecule has 0 spiro atoms. The van der Waals surface area contributed by atoms with E-state index in [2.05, 4.69) is 30.3 Å². The molecule has 2 aromatic carbocycles. The van der Waals surface area contributed by atoms with Crippen LogP contribution in [0.5, 0.6) is 0 Å². The Balaban J connectivity index is 1.54. The van der Waals surface area contributed by atoms with E-state index < -0.39 is 0 Å². The molecule has 0 bridgehead atoms. The minimum absolute atomic E-state index is 0.723. The van der Waals surface area contributed by atoms with Crippen LogP contribution in [0.15, 0.2) is 54.6 Å². The standard InChI is InChI=1S/C17H19O/c1-3-9-16(10-4-1)11-7-8-14-18-15-17-12-5-2-6-13-17/h2-6,9-10,12-13H,7-8,11,14-15H2. The zero-order valence-electron chi connectivity index (χ0n) is 10.6. The van der Waals surface area contributed by atoms with Gasteiger partial charge in [0.25, 0.3) is 0 Å².